The van der Waals surface area contributed by atoms with Crippen LogP contribution in [0.3, 0.4) is 0 Å². The lowest BCUT2D eigenvalue weighted by atomic mass is 10.2. The summed E-state index contributed by atoms with van der Waals surface area (Å²) in [4.78, 5) is 19.0. The van der Waals surface area contributed by atoms with Crippen LogP contribution in [0.2, 0.25) is 0 Å². The van der Waals surface area contributed by atoms with Crippen molar-refractivity contribution in [2.45, 2.75) is 0 Å². The van der Waals surface area contributed by atoms with E-state index in [9.17, 15) is 14.3 Å². The summed E-state index contributed by atoms with van der Waals surface area (Å²) in [5.74, 6) is -1.07. The molecule has 0 saturated carbocycles. The Kier molecular flexibility index (Phi) is 3.08. The van der Waals surface area contributed by atoms with Gasteiger partial charge in [0.1, 0.15) is 15.7 Å². The van der Waals surface area contributed by atoms with E-state index in [4.69, 9.17) is 0 Å². The topological polar surface area (TPSA) is 66.0 Å². The highest BCUT2D eigenvalue weighted by Crippen LogP contribution is 2.33. The van der Waals surface area contributed by atoms with Gasteiger partial charge in [-0.05, 0) is 24.3 Å². The number of hydrogen-bond acceptors (Lipinski definition) is 4. The van der Waals surface area contributed by atoms with Crippen LogP contribution in [0.5, 0.6) is 5.88 Å². The Labute approximate surface area is 117 Å². The SMILES string of the molecule is O=C(c1ccc[nH]1)c1sc(-c2cccc(F)c2)nc1O. The zero-order valence-corrected chi connectivity index (χ0v) is 10.9. The Hall–Kier alpha value is -2.47. The summed E-state index contributed by atoms with van der Waals surface area (Å²) in [6.07, 6.45) is 1.62. The third-order valence-corrected chi connectivity index (χ3v) is 3.82. The van der Waals surface area contributed by atoms with E-state index in [1.165, 1.54) is 12.1 Å². The molecule has 2 heterocycles. The standard InChI is InChI=1S/C14H9FN2O2S/c15-9-4-1-3-8(7-9)14-17-13(19)12(20-14)11(18)10-5-2-6-16-10/h1-7,16,19H. The Morgan fingerprint density at radius 3 is 2.85 bits per heavy atom. The molecule has 0 bridgehead atoms. The highest BCUT2D eigenvalue weighted by molar-refractivity contribution is 7.17. The van der Waals surface area contributed by atoms with Crippen molar-refractivity contribution in [3.05, 3.63) is 59.0 Å². The van der Waals surface area contributed by atoms with Gasteiger partial charge in [-0.25, -0.2) is 9.37 Å². The van der Waals surface area contributed by atoms with Gasteiger partial charge in [0.05, 0.1) is 5.69 Å². The van der Waals surface area contributed by atoms with E-state index in [2.05, 4.69) is 9.97 Å². The van der Waals surface area contributed by atoms with E-state index < -0.39 is 5.82 Å². The maximum Gasteiger partial charge on any atom is 0.234 e. The number of carbonyl (C=O) groups is 1. The second-order valence-electron chi connectivity index (χ2n) is 4.10. The predicted molar refractivity (Wildman–Crippen MR) is 73.4 cm³/mol. The summed E-state index contributed by atoms with van der Waals surface area (Å²) in [6, 6.07) is 9.16. The normalized spacial score (nSPS) is 10.7. The summed E-state index contributed by atoms with van der Waals surface area (Å²) in [6.45, 7) is 0. The van der Waals surface area contributed by atoms with E-state index in [0.717, 1.165) is 11.3 Å². The molecule has 0 saturated heterocycles. The number of aromatic hydroxyl groups is 1. The number of rotatable bonds is 3. The van der Waals surface area contributed by atoms with Crippen molar-refractivity contribution in [2.75, 3.05) is 0 Å². The lowest BCUT2D eigenvalue weighted by Crippen LogP contribution is -1.98. The third kappa shape index (κ3) is 2.21. The van der Waals surface area contributed by atoms with Gasteiger partial charge in [0.15, 0.2) is 0 Å². The molecule has 1 aromatic carbocycles. The number of nitrogens with zero attached hydrogens (tertiary/aromatic N) is 1. The first-order valence-corrected chi connectivity index (χ1v) is 6.60. The van der Waals surface area contributed by atoms with Gasteiger partial charge in [-0.3, -0.25) is 4.79 Å². The van der Waals surface area contributed by atoms with Crippen molar-refractivity contribution < 1.29 is 14.3 Å². The lowest BCUT2D eigenvalue weighted by Gasteiger charge is -1.95. The lowest BCUT2D eigenvalue weighted by molar-refractivity contribution is 0.103. The molecule has 100 valence electrons. The molecule has 0 spiro atoms. The molecule has 0 aliphatic carbocycles. The van der Waals surface area contributed by atoms with Gasteiger partial charge in [-0.2, -0.15) is 0 Å². The van der Waals surface area contributed by atoms with E-state index in [0.29, 0.717) is 16.3 Å². The first-order valence-electron chi connectivity index (χ1n) is 5.79. The van der Waals surface area contributed by atoms with E-state index >= 15 is 0 Å². The van der Waals surface area contributed by atoms with Gasteiger partial charge in [-0.1, -0.05) is 12.1 Å². The molecule has 3 rings (SSSR count). The molecule has 0 unspecified atom stereocenters. The van der Waals surface area contributed by atoms with Crippen molar-refractivity contribution in [1.82, 2.24) is 9.97 Å². The molecule has 2 N–H and O–H groups in total. The summed E-state index contributed by atoms with van der Waals surface area (Å²) in [5, 5.41) is 10.2. The Balaban J connectivity index is 2.01. The molecule has 20 heavy (non-hydrogen) atoms. The monoisotopic (exact) mass is 288 g/mol. The van der Waals surface area contributed by atoms with Crippen LogP contribution in [-0.4, -0.2) is 20.9 Å². The summed E-state index contributed by atoms with van der Waals surface area (Å²) < 4.78 is 13.2. The van der Waals surface area contributed by atoms with Gasteiger partial charge >= 0.3 is 0 Å². The van der Waals surface area contributed by atoms with Crippen LogP contribution < -0.4 is 0 Å². The highest BCUT2D eigenvalue weighted by atomic mass is 32.1. The Morgan fingerprint density at radius 1 is 1.30 bits per heavy atom. The Bertz CT molecular complexity index is 765. The van der Waals surface area contributed by atoms with Gasteiger partial charge in [0.25, 0.3) is 0 Å². The van der Waals surface area contributed by atoms with Crippen molar-refractivity contribution in [3.8, 4) is 16.5 Å². The van der Waals surface area contributed by atoms with Crippen molar-refractivity contribution in [2.24, 2.45) is 0 Å². The molecular formula is C14H9FN2O2S. The van der Waals surface area contributed by atoms with Crippen LogP contribution in [0.1, 0.15) is 15.4 Å². The number of H-pyrrole nitrogens is 1. The zero-order chi connectivity index (χ0) is 14.1. The van der Waals surface area contributed by atoms with Crippen LogP contribution in [0.15, 0.2) is 42.6 Å². The van der Waals surface area contributed by atoms with Crippen LogP contribution in [0.4, 0.5) is 4.39 Å². The molecule has 0 radical (unpaired) electrons. The number of aromatic nitrogens is 2. The van der Waals surface area contributed by atoms with E-state index in [1.807, 2.05) is 0 Å². The molecule has 0 aliphatic rings. The van der Waals surface area contributed by atoms with E-state index in [-0.39, 0.29) is 16.5 Å². The summed E-state index contributed by atoms with van der Waals surface area (Å²) in [5.41, 5.74) is 0.894. The molecular weight excluding hydrogens is 279 g/mol. The number of carbonyl (C=O) groups excluding carboxylic acids is 1. The number of thiazole rings is 1. The molecule has 6 heteroatoms. The van der Waals surface area contributed by atoms with Crippen LogP contribution in [0, 0.1) is 5.82 Å². The first-order chi connectivity index (χ1) is 9.65. The fourth-order valence-electron chi connectivity index (χ4n) is 1.80. The number of halogens is 1. The maximum atomic E-state index is 13.2. The molecule has 4 nitrogen and oxygen atoms in total. The minimum Gasteiger partial charge on any atom is -0.492 e. The predicted octanol–water partition coefficient (Wildman–Crippen LogP) is 3.21. The fourth-order valence-corrected chi connectivity index (χ4v) is 2.71. The molecule has 0 aliphatic heterocycles. The second-order valence-corrected chi connectivity index (χ2v) is 5.09. The molecule has 3 aromatic rings. The molecule has 0 amide bonds. The number of hydrogen-bond donors (Lipinski definition) is 2. The van der Waals surface area contributed by atoms with E-state index in [1.54, 1.807) is 30.5 Å². The van der Waals surface area contributed by atoms with Crippen molar-refractivity contribution in [3.63, 3.8) is 0 Å². The smallest absolute Gasteiger partial charge is 0.234 e. The Morgan fingerprint density at radius 2 is 2.15 bits per heavy atom. The first kappa shape index (κ1) is 12.6. The summed E-state index contributed by atoms with van der Waals surface area (Å²) >= 11 is 1.03. The highest BCUT2D eigenvalue weighted by Gasteiger charge is 2.20. The summed E-state index contributed by atoms with van der Waals surface area (Å²) in [7, 11) is 0. The van der Waals surface area contributed by atoms with Crippen molar-refractivity contribution >= 4 is 17.1 Å². The average molecular weight is 288 g/mol. The minimum atomic E-state index is -0.394. The fraction of sp³-hybridized carbons (Fsp3) is 0. The molecule has 0 fully saturated rings. The van der Waals surface area contributed by atoms with Gasteiger partial charge in [0.2, 0.25) is 11.7 Å². The third-order valence-electron chi connectivity index (χ3n) is 2.73. The minimum absolute atomic E-state index is 0.131. The average Bonchev–Trinajstić information content (AvgIpc) is 3.07. The second kappa shape index (κ2) is 4.90. The number of benzene rings is 1. The van der Waals surface area contributed by atoms with Crippen LogP contribution in [-0.2, 0) is 0 Å². The number of aromatic amines is 1. The molecule has 2 aromatic heterocycles. The quantitative estimate of drug-likeness (QED) is 0.727. The number of nitrogens with one attached hydrogen (secondary N) is 1. The number of ketones is 1. The maximum absolute atomic E-state index is 13.2. The van der Waals surface area contributed by atoms with Gasteiger partial charge < -0.3 is 10.1 Å². The van der Waals surface area contributed by atoms with Gasteiger partial charge in [0, 0.05) is 11.8 Å². The van der Waals surface area contributed by atoms with Crippen LogP contribution >= 0.6 is 11.3 Å². The zero-order valence-electron chi connectivity index (χ0n) is 10.1. The largest absolute Gasteiger partial charge is 0.492 e. The van der Waals surface area contributed by atoms with Gasteiger partial charge in [-0.15, -0.1) is 11.3 Å². The van der Waals surface area contributed by atoms with Crippen molar-refractivity contribution in [1.29, 1.82) is 0 Å². The van der Waals surface area contributed by atoms with Crippen LogP contribution in [0.25, 0.3) is 10.6 Å². The molecule has 0 atom stereocenters.